The molecule has 1 heterocycles. The standard InChI is InChI=1S/C18H25NO/c1-5-17(20)14-9-10-16(15(13-14)18(2,3)4)19-11-7-6-8-12-19/h1,9-10,13,17,20H,6-8,11-12H2,2-4H3. The van der Waals surface area contributed by atoms with E-state index < -0.39 is 6.10 Å². The number of hydrogen-bond donors (Lipinski definition) is 1. The topological polar surface area (TPSA) is 23.5 Å². The van der Waals surface area contributed by atoms with E-state index in [1.807, 2.05) is 6.07 Å². The molecule has 2 nitrogen and oxygen atoms in total. The molecule has 20 heavy (non-hydrogen) atoms. The van der Waals surface area contributed by atoms with Crippen molar-refractivity contribution in [3.8, 4) is 12.3 Å². The molecule has 1 aliphatic heterocycles. The summed E-state index contributed by atoms with van der Waals surface area (Å²) in [6, 6.07) is 6.17. The third-order valence-electron chi connectivity index (χ3n) is 4.00. The lowest BCUT2D eigenvalue weighted by atomic mass is 9.83. The van der Waals surface area contributed by atoms with Crippen LogP contribution in [0.15, 0.2) is 18.2 Å². The van der Waals surface area contributed by atoms with Gasteiger partial charge in [0.1, 0.15) is 6.10 Å². The lowest BCUT2D eigenvalue weighted by Crippen LogP contribution is -2.32. The summed E-state index contributed by atoms with van der Waals surface area (Å²) in [5.74, 6) is 2.40. The molecule has 1 fully saturated rings. The highest BCUT2D eigenvalue weighted by Crippen LogP contribution is 2.35. The molecule has 0 aromatic heterocycles. The summed E-state index contributed by atoms with van der Waals surface area (Å²) in [4.78, 5) is 2.47. The minimum absolute atomic E-state index is 0.0388. The van der Waals surface area contributed by atoms with Crippen LogP contribution in [-0.4, -0.2) is 18.2 Å². The molecule has 2 heteroatoms. The Morgan fingerprint density at radius 3 is 2.40 bits per heavy atom. The highest BCUT2D eigenvalue weighted by Gasteiger charge is 2.23. The molecule has 1 aromatic carbocycles. The van der Waals surface area contributed by atoms with E-state index in [0.717, 1.165) is 18.7 Å². The Bertz CT molecular complexity index is 501. The van der Waals surface area contributed by atoms with Gasteiger partial charge < -0.3 is 10.0 Å². The van der Waals surface area contributed by atoms with E-state index in [-0.39, 0.29) is 5.41 Å². The molecular weight excluding hydrogens is 246 g/mol. The molecule has 0 bridgehead atoms. The molecule has 0 amide bonds. The second-order valence-corrected chi connectivity index (χ2v) is 6.64. The van der Waals surface area contributed by atoms with Crippen LogP contribution in [0.2, 0.25) is 0 Å². The van der Waals surface area contributed by atoms with Gasteiger partial charge in [0, 0.05) is 18.8 Å². The van der Waals surface area contributed by atoms with Crippen molar-refractivity contribution >= 4 is 5.69 Å². The van der Waals surface area contributed by atoms with Crippen molar-refractivity contribution in [1.29, 1.82) is 0 Å². The predicted octanol–water partition coefficient (Wildman–Crippen LogP) is 3.64. The van der Waals surface area contributed by atoms with Crippen molar-refractivity contribution in [2.24, 2.45) is 0 Å². The first-order valence-electron chi connectivity index (χ1n) is 7.47. The monoisotopic (exact) mass is 271 g/mol. The average molecular weight is 271 g/mol. The summed E-state index contributed by atoms with van der Waals surface area (Å²) in [6.45, 7) is 8.88. The van der Waals surface area contributed by atoms with E-state index in [2.05, 4.69) is 43.7 Å². The SMILES string of the molecule is C#CC(O)c1ccc(N2CCCCC2)c(C(C)(C)C)c1. The Hall–Kier alpha value is -1.46. The van der Waals surface area contributed by atoms with Gasteiger partial charge in [-0.2, -0.15) is 0 Å². The minimum atomic E-state index is -0.813. The lowest BCUT2D eigenvalue weighted by molar-refractivity contribution is 0.238. The molecule has 0 aliphatic carbocycles. The first-order valence-corrected chi connectivity index (χ1v) is 7.47. The summed E-state index contributed by atoms with van der Waals surface area (Å²) in [5.41, 5.74) is 3.42. The number of rotatable bonds is 2. The molecule has 108 valence electrons. The fourth-order valence-corrected chi connectivity index (χ4v) is 2.83. The molecule has 0 saturated carbocycles. The second-order valence-electron chi connectivity index (χ2n) is 6.64. The summed E-state index contributed by atoms with van der Waals surface area (Å²) in [5, 5.41) is 9.87. The molecule has 0 radical (unpaired) electrons. The number of benzene rings is 1. The molecule has 1 N–H and O–H groups in total. The zero-order chi connectivity index (χ0) is 14.8. The van der Waals surface area contributed by atoms with Gasteiger partial charge in [0.2, 0.25) is 0 Å². The largest absolute Gasteiger partial charge is 0.376 e. The zero-order valence-corrected chi connectivity index (χ0v) is 12.8. The Labute approximate surface area is 122 Å². The first-order chi connectivity index (χ1) is 9.43. The van der Waals surface area contributed by atoms with Crippen LogP contribution in [-0.2, 0) is 5.41 Å². The maximum Gasteiger partial charge on any atom is 0.139 e. The Morgan fingerprint density at radius 1 is 1.20 bits per heavy atom. The van der Waals surface area contributed by atoms with Crippen LogP contribution in [0.5, 0.6) is 0 Å². The fraction of sp³-hybridized carbons (Fsp3) is 0.556. The molecule has 2 rings (SSSR count). The molecular formula is C18H25NO. The fourth-order valence-electron chi connectivity index (χ4n) is 2.83. The third-order valence-corrected chi connectivity index (χ3v) is 4.00. The molecule has 1 saturated heterocycles. The van der Waals surface area contributed by atoms with Crippen molar-refractivity contribution in [2.75, 3.05) is 18.0 Å². The normalized spacial score (nSPS) is 17.6. The number of hydrogen-bond acceptors (Lipinski definition) is 2. The predicted molar refractivity (Wildman–Crippen MR) is 85.0 cm³/mol. The van der Waals surface area contributed by atoms with E-state index in [1.54, 1.807) is 0 Å². The zero-order valence-electron chi connectivity index (χ0n) is 12.8. The summed E-state index contributed by atoms with van der Waals surface area (Å²) >= 11 is 0. The first kappa shape index (κ1) is 14.9. The average Bonchev–Trinajstić information content (AvgIpc) is 2.46. The highest BCUT2D eigenvalue weighted by atomic mass is 16.3. The van der Waals surface area contributed by atoms with Crippen LogP contribution in [0.3, 0.4) is 0 Å². The smallest absolute Gasteiger partial charge is 0.139 e. The number of aliphatic hydroxyl groups is 1. The van der Waals surface area contributed by atoms with E-state index in [9.17, 15) is 5.11 Å². The Kier molecular flexibility index (Phi) is 4.40. The quantitative estimate of drug-likeness (QED) is 0.830. The van der Waals surface area contributed by atoms with Gasteiger partial charge in [-0.3, -0.25) is 0 Å². The number of nitrogens with zero attached hydrogens (tertiary/aromatic N) is 1. The summed E-state index contributed by atoms with van der Waals surface area (Å²) in [6.07, 6.45) is 8.37. The van der Waals surface area contributed by atoms with Gasteiger partial charge in [0.05, 0.1) is 0 Å². The number of piperidine rings is 1. The van der Waals surface area contributed by atoms with Crippen LogP contribution in [0.25, 0.3) is 0 Å². The molecule has 0 spiro atoms. The minimum Gasteiger partial charge on any atom is -0.376 e. The Balaban J connectivity index is 2.43. The van der Waals surface area contributed by atoms with Crippen LogP contribution in [0.1, 0.15) is 57.3 Å². The van der Waals surface area contributed by atoms with Gasteiger partial charge in [-0.1, -0.05) is 32.8 Å². The Morgan fingerprint density at radius 2 is 1.85 bits per heavy atom. The molecule has 1 unspecified atom stereocenters. The molecule has 1 atom stereocenters. The number of terminal acetylenes is 1. The summed E-state index contributed by atoms with van der Waals surface area (Å²) in [7, 11) is 0. The van der Waals surface area contributed by atoms with Crippen molar-refractivity contribution < 1.29 is 5.11 Å². The summed E-state index contributed by atoms with van der Waals surface area (Å²) < 4.78 is 0. The van der Waals surface area contributed by atoms with Crippen molar-refractivity contribution in [1.82, 2.24) is 0 Å². The number of aliphatic hydroxyl groups excluding tert-OH is 1. The van der Waals surface area contributed by atoms with Gasteiger partial charge in [-0.05, 0) is 47.9 Å². The van der Waals surface area contributed by atoms with Gasteiger partial charge >= 0.3 is 0 Å². The van der Waals surface area contributed by atoms with Crippen molar-refractivity contribution in [3.63, 3.8) is 0 Å². The molecule has 1 aromatic rings. The van der Waals surface area contributed by atoms with E-state index in [4.69, 9.17) is 6.42 Å². The van der Waals surface area contributed by atoms with Crippen LogP contribution < -0.4 is 4.90 Å². The van der Waals surface area contributed by atoms with Crippen LogP contribution in [0.4, 0.5) is 5.69 Å². The number of anilines is 1. The van der Waals surface area contributed by atoms with E-state index in [1.165, 1.54) is 30.5 Å². The van der Waals surface area contributed by atoms with Gasteiger partial charge in [-0.25, -0.2) is 0 Å². The third kappa shape index (κ3) is 3.16. The van der Waals surface area contributed by atoms with Crippen molar-refractivity contribution in [3.05, 3.63) is 29.3 Å². The van der Waals surface area contributed by atoms with Crippen LogP contribution in [0, 0.1) is 12.3 Å². The van der Waals surface area contributed by atoms with E-state index >= 15 is 0 Å². The maximum atomic E-state index is 9.87. The van der Waals surface area contributed by atoms with Crippen LogP contribution >= 0.6 is 0 Å². The van der Waals surface area contributed by atoms with Gasteiger partial charge in [-0.15, -0.1) is 6.42 Å². The lowest BCUT2D eigenvalue weighted by Gasteiger charge is -2.34. The second kappa shape index (κ2) is 5.89. The maximum absolute atomic E-state index is 9.87. The van der Waals surface area contributed by atoms with Gasteiger partial charge in [0.15, 0.2) is 0 Å². The highest BCUT2D eigenvalue weighted by molar-refractivity contribution is 5.58. The molecule has 1 aliphatic rings. The van der Waals surface area contributed by atoms with Gasteiger partial charge in [0.25, 0.3) is 0 Å². The van der Waals surface area contributed by atoms with E-state index in [0.29, 0.717) is 0 Å². The van der Waals surface area contributed by atoms with Crippen molar-refractivity contribution in [2.45, 2.75) is 51.6 Å².